The maximum atomic E-state index is 12.1. The molecule has 5 nitrogen and oxygen atoms in total. The SMILES string of the molecule is COc1cccc(CCCNC(=O)NC2C3CCC(C3)C2CO)c1. The highest BCUT2D eigenvalue weighted by Gasteiger charge is 2.47. The van der Waals surface area contributed by atoms with Crippen LogP contribution in [-0.2, 0) is 6.42 Å². The van der Waals surface area contributed by atoms with Crippen molar-refractivity contribution in [2.45, 2.75) is 38.1 Å². The number of carbonyl (C=O) groups is 1. The van der Waals surface area contributed by atoms with Crippen LogP contribution < -0.4 is 15.4 Å². The fourth-order valence-electron chi connectivity index (χ4n) is 4.42. The molecule has 1 aromatic carbocycles. The van der Waals surface area contributed by atoms with Crippen molar-refractivity contribution in [3.05, 3.63) is 29.8 Å². The first-order chi connectivity index (χ1) is 11.7. The molecule has 132 valence electrons. The van der Waals surface area contributed by atoms with Gasteiger partial charge in [0.2, 0.25) is 0 Å². The minimum Gasteiger partial charge on any atom is -0.497 e. The second-order valence-corrected chi connectivity index (χ2v) is 7.06. The van der Waals surface area contributed by atoms with Gasteiger partial charge in [0, 0.05) is 25.1 Å². The van der Waals surface area contributed by atoms with E-state index in [2.05, 4.69) is 16.7 Å². The number of benzene rings is 1. The van der Waals surface area contributed by atoms with Crippen molar-refractivity contribution >= 4 is 6.03 Å². The number of fused-ring (bicyclic) bond motifs is 2. The van der Waals surface area contributed by atoms with Gasteiger partial charge in [-0.1, -0.05) is 12.1 Å². The minimum atomic E-state index is -0.100. The number of amides is 2. The molecule has 0 saturated heterocycles. The Balaban J connectivity index is 1.38. The van der Waals surface area contributed by atoms with Crippen molar-refractivity contribution in [1.82, 2.24) is 10.6 Å². The molecule has 0 heterocycles. The first-order valence-electron chi connectivity index (χ1n) is 8.99. The third-order valence-electron chi connectivity index (χ3n) is 5.66. The zero-order chi connectivity index (χ0) is 16.9. The number of rotatable bonds is 7. The van der Waals surface area contributed by atoms with Gasteiger partial charge in [0.15, 0.2) is 0 Å². The number of nitrogens with one attached hydrogen (secondary N) is 2. The molecule has 24 heavy (non-hydrogen) atoms. The van der Waals surface area contributed by atoms with E-state index in [1.165, 1.54) is 18.4 Å². The Morgan fingerprint density at radius 1 is 1.33 bits per heavy atom. The zero-order valence-corrected chi connectivity index (χ0v) is 14.3. The van der Waals surface area contributed by atoms with Crippen molar-refractivity contribution in [3.8, 4) is 5.75 Å². The number of urea groups is 1. The summed E-state index contributed by atoms with van der Waals surface area (Å²) in [5.74, 6) is 2.25. The van der Waals surface area contributed by atoms with E-state index in [1.807, 2.05) is 18.2 Å². The molecule has 2 amide bonds. The van der Waals surface area contributed by atoms with Crippen molar-refractivity contribution in [1.29, 1.82) is 0 Å². The Morgan fingerprint density at radius 2 is 2.17 bits per heavy atom. The summed E-state index contributed by atoms with van der Waals surface area (Å²) < 4.78 is 5.22. The van der Waals surface area contributed by atoms with Crippen LogP contribution in [0.5, 0.6) is 5.75 Å². The monoisotopic (exact) mass is 332 g/mol. The van der Waals surface area contributed by atoms with Crippen molar-refractivity contribution in [2.24, 2.45) is 17.8 Å². The molecule has 0 radical (unpaired) electrons. The van der Waals surface area contributed by atoms with Gasteiger partial charge in [-0.2, -0.15) is 0 Å². The molecular weight excluding hydrogens is 304 g/mol. The van der Waals surface area contributed by atoms with Gasteiger partial charge in [-0.05, 0) is 61.6 Å². The van der Waals surface area contributed by atoms with Crippen LogP contribution in [0, 0.1) is 17.8 Å². The number of carbonyl (C=O) groups excluding carboxylic acids is 1. The van der Waals surface area contributed by atoms with Crippen LogP contribution in [0.2, 0.25) is 0 Å². The number of aryl methyl sites for hydroxylation is 1. The molecule has 4 unspecified atom stereocenters. The van der Waals surface area contributed by atoms with Crippen LogP contribution in [0.1, 0.15) is 31.2 Å². The quantitative estimate of drug-likeness (QED) is 0.671. The molecule has 1 aromatic rings. The first kappa shape index (κ1) is 17.1. The standard InChI is InChI=1S/C19H28N2O3/c1-24-16-6-2-4-13(10-16)5-3-9-20-19(23)21-18-15-8-7-14(11-15)17(18)12-22/h2,4,6,10,14-15,17-18,22H,3,5,7-9,11-12H2,1H3,(H2,20,21,23). The number of ether oxygens (including phenoxy) is 1. The third kappa shape index (κ3) is 3.83. The highest BCUT2D eigenvalue weighted by molar-refractivity contribution is 5.74. The number of aliphatic hydroxyl groups excluding tert-OH is 1. The summed E-state index contributed by atoms with van der Waals surface area (Å²) in [6.07, 6.45) is 5.34. The molecule has 2 bridgehead atoms. The van der Waals surface area contributed by atoms with Crippen LogP contribution >= 0.6 is 0 Å². The van der Waals surface area contributed by atoms with E-state index < -0.39 is 0 Å². The second-order valence-electron chi connectivity index (χ2n) is 7.06. The van der Waals surface area contributed by atoms with Crippen LogP contribution in [0.4, 0.5) is 4.79 Å². The molecule has 2 saturated carbocycles. The van der Waals surface area contributed by atoms with Crippen LogP contribution in [-0.4, -0.2) is 37.4 Å². The molecule has 4 atom stereocenters. The maximum Gasteiger partial charge on any atom is 0.315 e. The molecule has 0 aromatic heterocycles. The summed E-state index contributed by atoms with van der Waals surface area (Å²) in [5, 5.41) is 15.6. The fraction of sp³-hybridized carbons (Fsp3) is 0.632. The van der Waals surface area contributed by atoms with Gasteiger partial charge in [0.05, 0.1) is 7.11 Å². The minimum absolute atomic E-state index is 0.100. The summed E-state index contributed by atoms with van der Waals surface area (Å²) in [7, 11) is 1.67. The van der Waals surface area contributed by atoms with Crippen LogP contribution in [0.3, 0.4) is 0 Å². The molecule has 5 heteroatoms. The average molecular weight is 332 g/mol. The van der Waals surface area contributed by atoms with E-state index in [1.54, 1.807) is 7.11 Å². The smallest absolute Gasteiger partial charge is 0.315 e. The lowest BCUT2D eigenvalue weighted by molar-refractivity contribution is 0.144. The molecule has 2 aliphatic carbocycles. The lowest BCUT2D eigenvalue weighted by atomic mass is 9.85. The van der Waals surface area contributed by atoms with E-state index in [9.17, 15) is 9.90 Å². The van der Waals surface area contributed by atoms with Gasteiger partial charge < -0.3 is 20.5 Å². The second kappa shape index (κ2) is 7.88. The Morgan fingerprint density at radius 3 is 2.96 bits per heavy atom. The summed E-state index contributed by atoms with van der Waals surface area (Å²) in [4.78, 5) is 12.1. The maximum absolute atomic E-state index is 12.1. The molecule has 3 rings (SSSR count). The molecule has 2 aliphatic rings. The van der Waals surface area contributed by atoms with Crippen molar-refractivity contribution in [3.63, 3.8) is 0 Å². The number of hydrogen-bond acceptors (Lipinski definition) is 3. The molecule has 0 aliphatic heterocycles. The summed E-state index contributed by atoms with van der Waals surface area (Å²) in [6, 6.07) is 8.06. The van der Waals surface area contributed by atoms with E-state index in [0.717, 1.165) is 25.0 Å². The third-order valence-corrected chi connectivity index (χ3v) is 5.66. The van der Waals surface area contributed by atoms with Gasteiger partial charge in [0.25, 0.3) is 0 Å². The van der Waals surface area contributed by atoms with Crippen LogP contribution in [0.15, 0.2) is 24.3 Å². The van der Waals surface area contributed by atoms with Gasteiger partial charge in [0.1, 0.15) is 5.75 Å². The number of aliphatic hydroxyl groups is 1. The molecular formula is C19H28N2O3. The lowest BCUT2D eigenvalue weighted by Gasteiger charge is -2.30. The summed E-state index contributed by atoms with van der Waals surface area (Å²) in [6.45, 7) is 0.829. The number of methoxy groups -OCH3 is 1. The van der Waals surface area contributed by atoms with E-state index in [4.69, 9.17) is 4.74 Å². The Bertz CT molecular complexity index is 563. The molecule has 0 spiro atoms. The highest BCUT2D eigenvalue weighted by Crippen LogP contribution is 2.48. The fourth-order valence-corrected chi connectivity index (χ4v) is 4.42. The summed E-state index contributed by atoms with van der Waals surface area (Å²) in [5.41, 5.74) is 1.21. The van der Waals surface area contributed by atoms with E-state index in [0.29, 0.717) is 18.4 Å². The largest absolute Gasteiger partial charge is 0.497 e. The van der Waals surface area contributed by atoms with E-state index in [-0.39, 0.29) is 24.6 Å². The Labute approximate surface area is 143 Å². The summed E-state index contributed by atoms with van der Waals surface area (Å²) >= 11 is 0. The van der Waals surface area contributed by atoms with Gasteiger partial charge in [-0.15, -0.1) is 0 Å². The van der Waals surface area contributed by atoms with Crippen molar-refractivity contribution in [2.75, 3.05) is 20.3 Å². The highest BCUT2D eigenvalue weighted by atomic mass is 16.5. The lowest BCUT2D eigenvalue weighted by Crippen LogP contribution is -2.49. The average Bonchev–Trinajstić information content (AvgIpc) is 3.20. The molecule has 2 fully saturated rings. The van der Waals surface area contributed by atoms with Crippen LogP contribution in [0.25, 0.3) is 0 Å². The van der Waals surface area contributed by atoms with Crippen molar-refractivity contribution < 1.29 is 14.6 Å². The van der Waals surface area contributed by atoms with Gasteiger partial charge in [-0.3, -0.25) is 0 Å². The topological polar surface area (TPSA) is 70.6 Å². The van der Waals surface area contributed by atoms with Gasteiger partial charge >= 0.3 is 6.03 Å². The van der Waals surface area contributed by atoms with E-state index >= 15 is 0 Å². The Kier molecular flexibility index (Phi) is 5.61. The molecule has 3 N–H and O–H groups in total. The first-order valence-corrected chi connectivity index (χ1v) is 8.99. The number of hydrogen-bond donors (Lipinski definition) is 3. The predicted octanol–water partition coefficient (Wildman–Crippen LogP) is 2.33. The predicted molar refractivity (Wildman–Crippen MR) is 93.0 cm³/mol. The Hall–Kier alpha value is -1.75. The zero-order valence-electron chi connectivity index (χ0n) is 14.3. The van der Waals surface area contributed by atoms with Gasteiger partial charge in [-0.25, -0.2) is 4.79 Å². The normalized spacial score (nSPS) is 27.9.